The maximum Gasteiger partial charge on any atom is 0.251 e. The Morgan fingerprint density at radius 3 is 2.86 bits per heavy atom. The molecule has 108 valence electrons. The second-order valence-electron chi connectivity index (χ2n) is 5.25. The second kappa shape index (κ2) is 5.98. The number of fused-ring (bicyclic) bond motifs is 1. The maximum absolute atomic E-state index is 13.2. The Labute approximate surface area is 131 Å². The molecule has 0 saturated carbocycles. The maximum atomic E-state index is 13.2. The molecule has 0 fully saturated rings. The topological polar surface area (TPSA) is 29.1 Å². The number of hydrogen-bond acceptors (Lipinski definition) is 1. The lowest BCUT2D eigenvalue weighted by molar-refractivity contribution is 0.0932. The van der Waals surface area contributed by atoms with Crippen LogP contribution in [-0.2, 0) is 6.42 Å². The highest BCUT2D eigenvalue weighted by molar-refractivity contribution is 9.10. The second-order valence-corrected chi connectivity index (χ2v) is 6.10. The molecule has 0 heterocycles. The Morgan fingerprint density at radius 2 is 2.05 bits per heavy atom. The van der Waals surface area contributed by atoms with E-state index in [9.17, 15) is 9.18 Å². The number of hydrogen-bond donors (Lipinski definition) is 1. The van der Waals surface area contributed by atoms with E-state index in [0.717, 1.165) is 19.3 Å². The van der Waals surface area contributed by atoms with Gasteiger partial charge in [0.1, 0.15) is 5.82 Å². The van der Waals surface area contributed by atoms with Gasteiger partial charge in [-0.05, 0) is 64.5 Å². The van der Waals surface area contributed by atoms with Crippen LogP contribution in [-0.4, -0.2) is 5.91 Å². The number of nitrogens with one attached hydrogen (secondary N) is 1. The number of carbonyl (C=O) groups is 1. The van der Waals surface area contributed by atoms with E-state index < -0.39 is 0 Å². The highest BCUT2D eigenvalue weighted by Gasteiger charge is 2.22. The van der Waals surface area contributed by atoms with Crippen LogP contribution < -0.4 is 5.32 Å². The summed E-state index contributed by atoms with van der Waals surface area (Å²) in [4.78, 5) is 12.3. The number of amides is 1. The average molecular weight is 348 g/mol. The lowest BCUT2D eigenvalue weighted by Crippen LogP contribution is -2.31. The molecule has 0 saturated heterocycles. The molecule has 0 bridgehead atoms. The summed E-state index contributed by atoms with van der Waals surface area (Å²) in [5.74, 6) is -0.535. The van der Waals surface area contributed by atoms with E-state index in [1.807, 2.05) is 12.1 Å². The summed E-state index contributed by atoms with van der Waals surface area (Å²) in [7, 11) is 0. The standard InChI is InChI=1S/C17H15BrFNO/c18-14-10-12(8-9-15(14)19)17(21)20-16-7-3-5-11-4-1-2-6-13(11)16/h1-2,4,6,8-10,16H,3,5,7H2,(H,20,21). The molecule has 0 spiro atoms. The molecule has 1 aliphatic carbocycles. The van der Waals surface area contributed by atoms with Crippen LogP contribution in [0.1, 0.15) is 40.4 Å². The van der Waals surface area contributed by atoms with Gasteiger partial charge in [-0.15, -0.1) is 0 Å². The number of aryl methyl sites for hydroxylation is 1. The third-order valence-corrected chi connectivity index (χ3v) is 4.46. The summed E-state index contributed by atoms with van der Waals surface area (Å²) in [6, 6.07) is 12.6. The first kappa shape index (κ1) is 14.3. The van der Waals surface area contributed by atoms with Gasteiger partial charge in [-0.1, -0.05) is 24.3 Å². The number of benzene rings is 2. The van der Waals surface area contributed by atoms with Gasteiger partial charge in [-0.25, -0.2) is 4.39 Å². The zero-order chi connectivity index (χ0) is 14.8. The normalized spacial score (nSPS) is 17.1. The van der Waals surface area contributed by atoms with Crippen LogP contribution in [0.2, 0.25) is 0 Å². The fourth-order valence-corrected chi connectivity index (χ4v) is 3.16. The third-order valence-electron chi connectivity index (χ3n) is 3.86. The molecular weight excluding hydrogens is 333 g/mol. The van der Waals surface area contributed by atoms with Gasteiger partial charge in [0.25, 0.3) is 5.91 Å². The molecule has 0 aromatic heterocycles. The van der Waals surface area contributed by atoms with Crippen LogP contribution in [0.3, 0.4) is 0 Å². The van der Waals surface area contributed by atoms with Crippen molar-refractivity contribution >= 4 is 21.8 Å². The Kier molecular flexibility index (Phi) is 4.06. The van der Waals surface area contributed by atoms with Crippen molar-refractivity contribution in [3.63, 3.8) is 0 Å². The van der Waals surface area contributed by atoms with E-state index in [-0.39, 0.29) is 17.8 Å². The molecule has 2 aromatic rings. The molecular formula is C17H15BrFNO. The summed E-state index contributed by atoms with van der Waals surface area (Å²) in [6.07, 6.45) is 3.06. The molecule has 2 aromatic carbocycles. The minimum absolute atomic E-state index is 0.0336. The SMILES string of the molecule is O=C(NC1CCCc2ccccc21)c1ccc(F)c(Br)c1. The van der Waals surface area contributed by atoms with Crippen LogP contribution in [0.15, 0.2) is 46.9 Å². The van der Waals surface area contributed by atoms with E-state index >= 15 is 0 Å². The van der Waals surface area contributed by atoms with Gasteiger partial charge in [-0.2, -0.15) is 0 Å². The largest absolute Gasteiger partial charge is 0.345 e. The van der Waals surface area contributed by atoms with E-state index in [4.69, 9.17) is 0 Å². The Balaban J connectivity index is 1.81. The predicted octanol–water partition coefficient (Wildman–Crippen LogP) is 4.40. The van der Waals surface area contributed by atoms with Gasteiger partial charge < -0.3 is 5.32 Å². The Hall–Kier alpha value is -1.68. The quantitative estimate of drug-likeness (QED) is 0.857. The first-order chi connectivity index (χ1) is 10.1. The van der Waals surface area contributed by atoms with E-state index in [1.54, 1.807) is 0 Å². The summed E-state index contributed by atoms with van der Waals surface area (Å²) in [6.45, 7) is 0. The lowest BCUT2D eigenvalue weighted by Gasteiger charge is -2.26. The molecule has 2 nitrogen and oxygen atoms in total. The highest BCUT2D eigenvalue weighted by atomic mass is 79.9. The van der Waals surface area contributed by atoms with Crippen LogP contribution in [0, 0.1) is 5.82 Å². The first-order valence-electron chi connectivity index (χ1n) is 6.99. The van der Waals surface area contributed by atoms with Crippen molar-refractivity contribution in [1.29, 1.82) is 0 Å². The van der Waals surface area contributed by atoms with Gasteiger partial charge in [0.15, 0.2) is 0 Å². The molecule has 4 heteroatoms. The number of halogens is 2. The van der Waals surface area contributed by atoms with Gasteiger partial charge in [0.2, 0.25) is 0 Å². The summed E-state index contributed by atoms with van der Waals surface area (Å²) in [5, 5.41) is 3.06. The molecule has 3 rings (SSSR count). The Morgan fingerprint density at radius 1 is 1.24 bits per heavy atom. The minimum Gasteiger partial charge on any atom is -0.345 e. The highest BCUT2D eigenvalue weighted by Crippen LogP contribution is 2.29. The minimum atomic E-state index is -0.366. The van der Waals surface area contributed by atoms with Gasteiger partial charge >= 0.3 is 0 Å². The van der Waals surface area contributed by atoms with Crippen LogP contribution in [0.5, 0.6) is 0 Å². The third kappa shape index (κ3) is 3.00. The van der Waals surface area contributed by atoms with Gasteiger partial charge in [0.05, 0.1) is 10.5 Å². The molecule has 1 aliphatic rings. The molecule has 1 amide bonds. The molecule has 0 aliphatic heterocycles. The summed E-state index contributed by atoms with van der Waals surface area (Å²) >= 11 is 3.11. The van der Waals surface area contributed by atoms with E-state index in [0.29, 0.717) is 10.0 Å². The summed E-state index contributed by atoms with van der Waals surface area (Å²) < 4.78 is 13.5. The van der Waals surface area contributed by atoms with Crippen molar-refractivity contribution in [2.45, 2.75) is 25.3 Å². The monoisotopic (exact) mass is 347 g/mol. The molecule has 1 unspecified atom stereocenters. The summed E-state index contributed by atoms with van der Waals surface area (Å²) in [5.41, 5.74) is 2.96. The average Bonchev–Trinajstić information content (AvgIpc) is 2.50. The van der Waals surface area contributed by atoms with Crippen LogP contribution >= 0.6 is 15.9 Å². The number of rotatable bonds is 2. The zero-order valence-corrected chi connectivity index (χ0v) is 13.0. The Bertz CT molecular complexity index is 686. The van der Waals surface area contributed by atoms with Crippen molar-refractivity contribution in [3.8, 4) is 0 Å². The van der Waals surface area contributed by atoms with Gasteiger partial charge in [-0.3, -0.25) is 4.79 Å². The smallest absolute Gasteiger partial charge is 0.251 e. The van der Waals surface area contributed by atoms with Crippen molar-refractivity contribution in [3.05, 3.63) is 69.4 Å². The zero-order valence-electron chi connectivity index (χ0n) is 11.4. The molecule has 1 N–H and O–H groups in total. The first-order valence-corrected chi connectivity index (χ1v) is 7.78. The van der Waals surface area contributed by atoms with Crippen molar-refractivity contribution < 1.29 is 9.18 Å². The number of carbonyl (C=O) groups excluding carboxylic acids is 1. The van der Waals surface area contributed by atoms with Crippen LogP contribution in [0.4, 0.5) is 4.39 Å². The van der Waals surface area contributed by atoms with Crippen molar-refractivity contribution in [1.82, 2.24) is 5.32 Å². The molecule has 1 atom stereocenters. The van der Waals surface area contributed by atoms with E-state index in [2.05, 4.69) is 33.4 Å². The van der Waals surface area contributed by atoms with E-state index in [1.165, 1.54) is 29.3 Å². The van der Waals surface area contributed by atoms with Crippen molar-refractivity contribution in [2.24, 2.45) is 0 Å². The fraction of sp³-hybridized carbons (Fsp3) is 0.235. The van der Waals surface area contributed by atoms with Gasteiger partial charge in [0, 0.05) is 5.56 Å². The van der Waals surface area contributed by atoms with Crippen LogP contribution in [0.25, 0.3) is 0 Å². The predicted molar refractivity (Wildman–Crippen MR) is 83.7 cm³/mol. The molecule has 0 radical (unpaired) electrons. The molecule has 21 heavy (non-hydrogen) atoms. The lowest BCUT2D eigenvalue weighted by atomic mass is 9.87. The fourth-order valence-electron chi connectivity index (χ4n) is 2.78. The van der Waals surface area contributed by atoms with Crippen molar-refractivity contribution in [2.75, 3.05) is 0 Å².